The van der Waals surface area contributed by atoms with Gasteiger partial charge in [-0.05, 0) is 72.5 Å². The van der Waals surface area contributed by atoms with E-state index in [0.29, 0.717) is 43.1 Å². The minimum atomic E-state index is -0.709. The van der Waals surface area contributed by atoms with Crippen LogP contribution in [0.5, 0.6) is 5.75 Å². The molecule has 2 amide bonds. The number of aliphatic hydroxyl groups excluding tert-OH is 1. The van der Waals surface area contributed by atoms with E-state index in [1.165, 1.54) is 14.2 Å². The van der Waals surface area contributed by atoms with Crippen LogP contribution in [-0.4, -0.2) is 57.3 Å². The molecule has 9 nitrogen and oxygen atoms in total. The predicted molar refractivity (Wildman–Crippen MR) is 171 cm³/mol. The van der Waals surface area contributed by atoms with Gasteiger partial charge in [0.2, 0.25) is 0 Å². The number of hydrogen-bond donors (Lipinski definition) is 4. The van der Waals surface area contributed by atoms with Crippen LogP contribution in [0.2, 0.25) is 0 Å². The molecule has 0 fully saturated rings. The molecule has 0 spiro atoms. The second-order valence-corrected chi connectivity index (χ2v) is 10.4. The molecule has 4 aromatic rings. The van der Waals surface area contributed by atoms with Crippen LogP contribution in [0, 0.1) is 0 Å². The Morgan fingerprint density at radius 1 is 0.750 bits per heavy atom. The van der Waals surface area contributed by atoms with E-state index in [2.05, 4.69) is 28.1 Å². The fraction of sp³-hybridized carbons (Fsp3) is 0.257. The highest BCUT2D eigenvalue weighted by molar-refractivity contribution is 5.85. The van der Waals surface area contributed by atoms with Crippen molar-refractivity contribution < 1.29 is 28.9 Å². The SMILES string of the molecule is COC(=O)Nc1cccc(C(CCNC[C@H](O)COc2ccccc2)(Cc2ccccc2)c2cccc(NC(=O)OC)c2)c1. The van der Waals surface area contributed by atoms with Gasteiger partial charge in [0.25, 0.3) is 0 Å². The number of para-hydroxylation sites is 1. The average molecular weight is 598 g/mol. The monoisotopic (exact) mass is 597 g/mol. The van der Waals surface area contributed by atoms with Crippen molar-refractivity contribution in [2.45, 2.75) is 24.4 Å². The molecule has 230 valence electrons. The molecular weight excluding hydrogens is 558 g/mol. The largest absolute Gasteiger partial charge is 0.491 e. The van der Waals surface area contributed by atoms with Crippen molar-refractivity contribution in [3.8, 4) is 5.75 Å². The molecule has 0 bridgehead atoms. The van der Waals surface area contributed by atoms with E-state index < -0.39 is 23.7 Å². The second kappa shape index (κ2) is 16.1. The molecule has 0 aliphatic carbocycles. The molecule has 44 heavy (non-hydrogen) atoms. The molecule has 0 saturated heterocycles. The number of hydrogen-bond acceptors (Lipinski definition) is 7. The Kier molecular flexibility index (Phi) is 11.7. The molecule has 0 radical (unpaired) electrons. The van der Waals surface area contributed by atoms with E-state index in [9.17, 15) is 14.7 Å². The van der Waals surface area contributed by atoms with Crippen LogP contribution >= 0.6 is 0 Å². The summed E-state index contributed by atoms with van der Waals surface area (Å²) < 4.78 is 15.4. The number of rotatable bonds is 14. The fourth-order valence-electron chi connectivity index (χ4n) is 5.16. The summed E-state index contributed by atoms with van der Waals surface area (Å²) >= 11 is 0. The third-order valence-electron chi connectivity index (χ3n) is 7.34. The molecule has 4 rings (SSSR count). The molecule has 4 N–H and O–H groups in total. The number of aliphatic hydroxyl groups is 1. The Bertz CT molecular complexity index is 1420. The molecule has 4 aromatic carbocycles. The lowest BCUT2D eigenvalue weighted by Crippen LogP contribution is -2.38. The molecule has 9 heteroatoms. The van der Waals surface area contributed by atoms with Crippen molar-refractivity contribution >= 4 is 23.6 Å². The van der Waals surface area contributed by atoms with Crippen LogP contribution < -0.4 is 20.7 Å². The van der Waals surface area contributed by atoms with Gasteiger partial charge in [-0.15, -0.1) is 0 Å². The normalized spacial score (nSPS) is 11.7. The lowest BCUT2D eigenvalue weighted by molar-refractivity contribution is 0.106. The third kappa shape index (κ3) is 9.07. The van der Waals surface area contributed by atoms with Crippen LogP contribution in [0.3, 0.4) is 0 Å². The van der Waals surface area contributed by atoms with Gasteiger partial charge in [0, 0.05) is 23.3 Å². The zero-order valence-corrected chi connectivity index (χ0v) is 25.0. The Morgan fingerprint density at radius 3 is 1.84 bits per heavy atom. The summed E-state index contributed by atoms with van der Waals surface area (Å²) in [6.07, 6.45) is -0.586. The fourth-order valence-corrected chi connectivity index (χ4v) is 5.16. The van der Waals surface area contributed by atoms with Gasteiger partial charge in [-0.25, -0.2) is 9.59 Å². The highest BCUT2D eigenvalue weighted by Gasteiger charge is 2.35. The number of nitrogens with one attached hydrogen (secondary N) is 3. The van der Waals surface area contributed by atoms with E-state index in [0.717, 1.165) is 16.7 Å². The maximum Gasteiger partial charge on any atom is 0.411 e. The van der Waals surface area contributed by atoms with Crippen LogP contribution in [0.4, 0.5) is 21.0 Å². The summed E-state index contributed by atoms with van der Waals surface area (Å²) in [7, 11) is 2.65. The van der Waals surface area contributed by atoms with Crippen molar-refractivity contribution in [1.29, 1.82) is 0 Å². The van der Waals surface area contributed by atoms with E-state index in [1.807, 2.05) is 97.1 Å². The van der Waals surface area contributed by atoms with Crippen LogP contribution in [0.25, 0.3) is 0 Å². The Morgan fingerprint density at radius 2 is 1.30 bits per heavy atom. The summed E-state index contributed by atoms with van der Waals surface area (Å²) in [6, 6.07) is 34.9. The first-order valence-corrected chi connectivity index (χ1v) is 14.4. The van der Waals surface area contributed by atoms with Crippen molar-refractivity contribution in [2.24, 2.45) is 0 Å². The average Bonchev–Trinajstić information content (AvgIpc) is 3.06. The highest BCUT2D eigenvalue weighted by Crippen LogP contribution is 2.41. The number of methoxy groups -OCH3 is 2. The third-order valence-corrected chi connectivity index (χ3v) is 7.34. The Hall–Kier alpha value is -4.86. The van der Waals surface area contributed by atoms with E-state index in [-0.39, 0.29) is 6.61 Å². The Balaban J connectivity index is 1.66. The number of benzene rings is 4. The van der Waals surface area contributed by atoms with Crippen LogP contribution in [-0.2, 0) is 21.3 Å². The van der Waals surface area contributed by atoms with Crippen molar-refractivity contribution in [3.63, 3.8) is 0 Å². The minimum absolute atomic E-state index is 0.161. The first-order chi connectivity index (χ1) is 21.4. The van der Waals surface area contributed by atoms with Gasteiger partial charge in [0.15, 0.2) is 0 Å². The maximum absolute atomic E-state index is 12.1. The van der Waals surface area contributed by atoms with Gasteiger partial charge in [-0.3, -0.25) is 10.6 Å². The summed E-state index contributed by atoms with van der Waals surface area (Å²) in [5.41, 5.74) is 3.61. The molecule has 1 atom stereocenters. The number of amides is 2. The summed E-state index contributed by atoms with van der Waals surface area (Å²) in [4.78, 5) is 24.1. The molecule has 0 aliphatic rings. The smallest absolute Gasteiger partial charge is 0.411 e. The van der Waals surface area contributed by atoms with Gasteiger partial charge in [-0.1, -0.05) is 72.8 Å². The molecule has 0 unspecified atom stereocenters. The zero-order chi connectivity index (χ0) is 31.2. The van der Waals surface area contributed by atoms with Gasteiger partial charge in [0.1, 0.15) is 18.5 Å². The molecule has 0 heterocycles. The highest BCUT2D eigenvalue weighted by atomic mass is 16.5. The van der Waals surface area contributed by atoms with E-state index >= 15 is 0 Å². The van der Waals surface area contributed by atoms with Gasteiger partial charge >= 0.3 is 12.2 Å². The van der Waals surface area contributed by atoms with Crippen molar-refractivity contribution in [1.82, 2.24) is 5.32 Å². The maximum atomic E-state index is 12.1. The topological polar surface area (TPSA) is 118 Å². The van der Waals surface area contributed by atoms with Gasteiger partial charge in [0.05, 0.1) is 14.2 Å². The van der Waals surface area contributed by atoms with E-state index in [4.69, 9.17) is 14.2 Å². The quantitative estimate of drug-likeness (QED) is 0.132. The summed E-state index contributed by atoms with van der Waals surface area (Å²) in [6.45, 7) is 1.05. The second-order valence-electron chi connectivity index (χ2n) is 10.4. The number of anilines is 2. The standard InChI is InChI=1S/C35H39N3O6/c1-42-33(40)37-29-15-9-13-27(21-29)35(23-26-11-5-3-6-12-26,28-14-10-16-30(22-28)38-34(41)43-2)19-20-36-24-31(39)25-44-32-17-7-4-8-18-32/h3-18,21-22,31,36,39H,19-20,23-25H2,1-2H3,(H,37,40)(H,38,41)/t31-/m0/s1. The molecule has 0 saturated carbocycles. The lowest BCUT2D eigenvalue weighted by Gasteiger charge is -2.36. The van der Waals surface area contributed by atoms with Crippen molar-refractivity contribution in [2.75, 3.05) is 44.5 Å². The first-order valence-electron chi connectivity index (χ1n) is 14.4. The summed E-state index contributed by atoms with van der Waals surface area (Å²) in [5.74, 6) is 0.703. The minimum Gasteiger partial charge on any atom is -0.491 e. The summed E-state index contributed by atoms with van der Waals surface area (Å²) in [5, 5.41) is 19.6. The van der Waals surface area contributed by atoms with Crippen molar-refractivity contribution in [3.05, 3.63) is 126 Å². The number of carbonyl (C=O) groups excluding carboxylic acids is 2. The Labute approximate surface area is 258 Å². The zero-order valence-electron chi connectivity index (χ0n) is 25.0. The predicted octanol–water partition coefficient (Wildman–Crippen LogP) is 5.99. The molecule has 0 aromatic heterocycles. The van der Waals surface area contributed by atoms with Gasteiger partial charge in [-0.2, -0.15) is 0 Å². The van der Waals surface area contributed by atoms with Crippen LogP contribution in [0.1, 0.15) is 23.1 Å². The molecular formula is C35H39N3O6. The van der Waals surface area contributed by atoms with E-state index in [1.54, 1.807) is 0 Å². The number of ether oxygens (including phenoxy) is 3. The molecule has 0 aliphatic heterocycles. The van der Waals surface area contributed by atoms with Crippen LogP contribution in [0.15, 0.2) is 109 Å². The first kappa shape index (κ1) is 32.1. The van der Waals surface area contributed by atoms with Gasteiger partial charge < -0.3 is 24.6 Å². The number of carbonyl (C=O) groups is 2. The lowest BCUT2D eigenvalue weighted by atomic mass is 9.68.